The lowest BCUT2D eigenvalue weighted by Crippen LogP contribution is -2.27. The number of ether oxygens (including phenoxy) is 1. The lowest BCUT2D eigenvalue weighted by atomic mass is 9.88. The highest BCUT2D eigenvalue weighted by Gasteiger charge is 2.26. The molecule has 4 nitrogen and oxygen atoms in total. The third-order valence-corrected chi connectivity index (χ3v) is 5.46. The number of carbonyl (C=O) groups excluding carboxylic acids is 1. The fourth-order valence-corrected chi connectivity index (χ4v) is 4.15. The summed E-state index contributed by atoms with van der Waals surface area (Å²) in [5.41, 5.74) is 3.89. The molecule has 1 aliphatic rings. The van der Waals surface area contributed by atoms with E-state index >= 15 is 0 Å². The van der Waals surface area contributed by atoms with Crippen molar-refractivity contribution in [3.8, 4) is 17.2 Å². The Morgan fingerprint density at radius 2 is 2.28 bits per heavy atom. The van der Waals surface area contributed by atoms with Gasteiger partial charge in [-0.2, -0.15) is 5.26 Å². The van der Waals surface area contributed by atoms with Gasteiger partial charge in [-0.15, -0.1) is 17.9 Å². The number of fused-ring (bicyclic) bond motifs is 3. The van der Waals surface area contributed by atoms with Crippen molar-refractivity contribution in [1.82, 2.24) is 0 Å². The van der Waals surface area contributed by atoms with Gasteiger partial charge in [0.15, 0.2) is 0 Å². The molecule has 128 valence electrons. The molecule has 1 aromatic carbocycles. The minimum Gasteiger partial charge on any atom is -0.368 e. The Morgan fingerprint density at radius 3 is 3.04 bits per heavy atom. The van der Waals surface area contributed by atoms with E-state index < -0.39 is 6.10 Å². The van der Waals surface area contributed by atoms with Crippen LogP contribution in [0.1, 0.15) is 29.3 Å². The van der Waals surface area contributed by atoms with Crippen molar-refractivity contribution >= 4 is 22.2 Å². The van der Waals surface area contributed by atoms with Crippen LogP contribution in [0.15, 0.2) is 36.9 Å². The highest BCUT2D eigenvalue weighted by molar-refractivity contribution is 7.17. The van der Waals surface area contributed by atoms with E-state index in [1.54, 1.807) is 13.0 Å². The standard InChI is InChI=1S/C20H20N2O2S/c1-3-4-11-24-13(2)19(23)22-20-16(12-21)18-15-8-6-5-7-14(15)9-10-17(18)25-20/h3,5-8,13H,1,4,9-11H2,2H3,(H,22,23). The molecule has 1 aliphatic carbocycles. The van der Waals surface area contributed by atoms with Gasteiger partial charge >= 0.3 is 0 Å². The molecule has 0 aliphatic heterocycles. The van der Waals surface area contributed by atoms with Crippen LogP contribution < -0.4 is 5.32 Å². The van der Waals surface area contributed by atoms with Gasteiger partial charge < -0.3 is 10.1 Å². The van der Waals surface area contributed by atoms with Crippen LogP contribution in [0.25, 0.3) is 11.1 Å². The molecule has 2 aromatic rings. The van der Waals surface area contributed by atoms with E-state index in [9.17, 15) is 10.1 Å². The number of amides is 1. The number of thiophene rings is 1. The molecule has 1 heterocycles. The van der Waals surface area contributed by atoms with E-state index in [1.165, 1.54) is 16.9 Å². The first-order chi connectivity index (χ1) is 12.2. The topological polar surface area (TPSA) is 62.1 Å². The Hall–Kier alpha value is -2.42. The Kier molecular flexibility index (Phi) is 5.32. The minimum atomic E-state index is -0.571. The number of carbonyl (C=O) groups is 1. The Bertz CT molecular complexity index is 848. The third kappa shape index (κ3) is 3.51. The fraction of sp³-hybridized carbons (Fsp3) is 0.300. The van der Waals surface area contributed by atoms with Gasteiger partial charge in [-0.1, -0.05) is 30.3 Å². The first-order valence-corrected chi connectivity index (χ1v) is 9.14. The zero-order chi connectivity index (χ0) is 17.8. The zero-order valence-corrected chi connectivity index (χ0v) is 15.0. The van der Waals surface area contributed by atoms with Gasteiger partial charge in [-0.25, -0.2) is 0 Å². The highest BCUT2D eigenvalue weighted by atomic mass is 32.1. The molecule has 1 atom stereocenters. The van der Waals surface area contributed by atoms with Crippen LogP contribution >= 0.6 is 11.3 Å². The van der Waals surface area contributed by atoms with Crippen molar-refractivity contribution in [3.63, 3.8) is 0 Å². The van der Waals surface area contributed by atoms with Crippen LogP contribution in [0, 0.1) is 11.3 Å². The summed E-state index contributed by atoms with van der Waals surface area (Å²) in [6.45, 7) is 5.80. The largest absolute Gasteiger partial charge is 0.368 e. The predicted octanol–water partition coefficient (Wildman–Crippen LogP) is 4.31. The first-order valence-electron chi connectivity index (χ1n) is 8.33. The van der Waals surface area contributed by atoms with Crippen molar-refractivity contribution in [1.29, 1.82) is 5.26 Å². The molecule has 1 amide bonds. The summed E-state index contributed by atoms with van der Waals surface area (Å²) >= 11 is 1.50. The lowest BCUT2D eigenvalue weighted by molar-refractivity contribution is -0.126. The smallest absolute Gasteiger partial charge is 0.253 e. The van der Waals surface area contributed by atoms with Crippen molar-refractivity contribution in [2.24, 2.45) is 0 Å². The number of aryl methyl sites for hydroxylation is 2. The molecule has 0 saturated heterocycles. The van der Waals surface area contributed by atoms with Crippen LogP contribution in [0.2, 0.25) is 0 Å². The number of anilines is 1. The first kappa shape index (κ1) is 17.4. The Labute approximate surface area is 151 Å². The number of rotatable bonds is 6. The normalized spacial score (nSPS) is 13.3. The predicted molar refractivity (Wildman–Crippen MR) is 101 cm³/mol. The zero-order valence-electron chi connectivity index (χ0n) is 14.2. The maximum absolute atomic E-state index is 12.4. The maximum atomic E-state index is 12.4. The number of benzene rings is 1. The molecule has 3 rings (SSSR count). The average Bonchev–Trinajstić information content (AvgIpc) is 2.99. The van der Waals surface area contributed by atoms with Crippen molar-refractivity contribution in [2.45, 2.75) is 32.3 Å². The van der Waals surface area contributed by atoms with E-state index in [1.807, 2.05) is 18.2 Å². The van der Waals surface area contributed by atoms with E-state index in [0.717, 1.165) is 28.8 Å². The monoisotopic (exact) mass is 352 g/mol. The lowest BCUT2D eigenvalue weighted by Gasteiger charge is -2.16. The summed E-state index contributed by atoms with van der Waals surface area (Å²) in [4.78, 5) is 13.5. The molecular formula is C20H20N2O2S. The van der Waals surface area contributed by atoms with Crippen molar-refractivity contribution < 1.29 is 9.53 Å². The molecule has 5 heteroatoms. The van der Waals surface area contributed by atoms with E-state index in [-0.39, 0.29) is 5.91 Å². The molecule has 0 saturated carbocycles. The molecule has 0 bridgehead atoms. The second-order valence-corrected chi connectivity index (χ2v) is 7.06. The van der Waals surface area contributed by atoms with Gasteiger partial charge in [0.1, 0.15) is 17.2 Å². The highest BCUT2D eigenvalue weighted by Crippen LogP contribution is 2.44. The van der Waals surface area contributed by atoms with Gasteiger partial charge in [-0.05, 0) is 37.3 Å². The van der Waals surface area contributed by atoms with Crippen LogP contribution in [-0.2, 0) is 22.4 Å². The van der Waals surface area contributed by atoms with Gasteiger partial charge in [-0.3, -0.25) is 4.79 Å². The quantitative estimate of drug-likeness (QED) is 0.622. The molecule has 0 spiro atoms. The van der Waals surface area contributed by atoms with E-state index in [2.05, 4.69) is 24.0 Å². The van der Waals surface area contributed by atoms with E-state index in [0.29, 0.717) is 23.6 Å². The summed E-state index contributed by atoms with van der Waals surface area (Å²) in [5.74, 6) is -0.229. The summed E-state index contributed by atoms with van der Waals surface area (Å²) in [6.07, 6.45) is 3.74. The molecule has 1 unspecified atom stereocenters. The Balaban J connectivity index is 1.85. The fourth-order valence-electron chi connectivity index (χ4n) is 2.98. The number of nitrogens with one attached hydrogen (secondary N) is 1. The Morgan fingerprint density at radius 1 is 1.48 bits per heavy atom. The van der Waals surface area contributed by atoms with Gasteiger partial charge in [0, 0.05) is 10.4 Å². The molecule has 0 radical (unpaired) electrons. The van der Waals surface area contributed by atoms with Gasteiger partial charge in [0.25, 0.3) is 5.91 Å². The second kappa shape index (κ2) is 7.64. The second-order valence-electron chi connectivity index (χ2n) is 5.95. The van der Waals surface area contributed by atoms with Crippen molar-refractivity contribution in [2.75, 3.05) is 11.9 Å². The maximum Gasteiger partial charge on any atom is 0.253 e. The number of hydrogen-bond donors (Lipinski definition) is 1. The average molecular weight is 352 g/mol. The van der Waals surface area contributed by atoms with Crippen LogP contribution in [0.5, 0.6) is 0 Å². The van der Waals surface area contributed by atoms with E-state index in [4.69, 9.17) is 4.74 Å². The summed E-state index contributed by atoms with van der Waals surface area (Å²) in [7, 11) is 0. The molecule has 25 heavy (non-hydrogen) atoms. The summed E-state index contributed by atoms with van der Waals surface area (Å²) in [6, 6.07) is 10.4. The number of nitrogens with zero attached hydrogens (tertiary/aromatic N) is 1. The molecule has 0 fully saturated rings. The van der Waals surface area contributed by atoms with Gasteiger partial charge in [0.05, 0.1) is 12.2 Å². The molecule has 1 aromatic heterocycles. The number of nitriles is 1. The summed E-state index contributed by atoms with van der Waals surface area (Å²) < 4.78 is 5.49. The minimum absolute atomic E-state index is 0.229. The number of hydrogen-bond acceptors (Lipinski definition) is 4. The van der Waals surface area contributed by atoms with Crippen molar-refractivity contribution in [3.05, 3.63) is 52.9 Å². The van der Waals surface area contributed by atoms with Crippen LogP contribution in [0.3, 0.4) is 0 Å². The molecular weight excluding hydrogens is 332 g/mol. The molecule has 1 N–H and O–H groups in total. The van der Waals surface area contributed by atoms with Gasteiger partial charge in [0.2, 0.25) is 0 Å². The third-order valence-electron chi connectivity index (χ3n) is 4.30. The van der Waals surface area contributed by atoms with Crippen LogP contribution in [0.4, 0.5) is 5.00 Å². The van der Waals surface area contributed by atoms with Crippen LogP contribution in [-0.4, -0.2) is 18.6 Å². The summed E-state index contributed by atoms with van der Waals surface area (Å²) in [5, 5.41) is 13.2. The SMILES string of the molecule is C=CCCOC(C)C(=O)Nc1sc2c(c1C#N)-c1ccccc1CC2.